The number of halogens is 1. The monoisotopic (exact) mass is 378 g/mol. The second-order valence-electron chi connectivity index (χ2n) is 5.76. The number of aliphatic carboxylic acids is 1. The Balaban J connectivity index is 0.00000243. The molecule has 3 rings (SSSR count). The van der Waals surface area contributed by atoms with E-state index in [1.54, 1.807) is 19.2 Å². The first-order chi connectivity index (χ1) is 12.0. The molecule has 0 N–H and O–H groups in total. The van der Waals surface area contributed by atoms with E-state index in [1.165, 1.54) is 0 Å². The smallest absolute Gasteiger partial charge is 0.550 e. The molecule has 1 unspecified atom stereocenters. The molecule has 128 valence electrons. The standard InChI is InChI=1S/C19H17ClN2O3.Na/c1-25-16-8-4-14(5-9-16)19(11-10-18(23)24)12-17(21-22-19)13-2-6-15(20)7-3-13;/h2-9,12H,10-11H2,1H3,(H,23,24);/q;+1/p-1. The van der Waals surface area contributed by atoms with Gasteiger partial charge in [-0.05, 0) is 48.7 Å². The number of carboxylic acid groups (broad SMARTS) is 1. The van der Waals surface area contributed by atoms with Crippen molar-refractivity contribution in [1.29, 1.82) is 0 Å². The van der Waals surface area contributed by atoms with E-state index in [-0.39, 0.29) is 42.4 Å². The molecule has 0 spiro atoms. The Morgan fingerprint density at radius 1 is 1.15 bits per heavy atom. The second-order valence-corrected chi connectivity index (χ2v) is 6.20. The minimum atomic E-state index is -1.11. The molecule has 26 heavy (non-hydrogen) atoms. The summed E-state index contributed by atoms with van der Waals surface area (Å²) in [6.07, 6.45) is 2.04. The van der Waals surface area contributed by atoms with E-state index in [4.69, 9.17) is 16.3 Å². The van der Waals surface area contributed by atoms with Gasteiger partial charge in [-0.1, -0.05) is 35.9 Å². The fourth-order valence-corrected chi connectivity index (χ4v) is 2.89. The van der Waals surface area contributed by atoms with Crippen LogP contribution in [0.1, 0.15) is 24.0 Å². The molecule has 1 aliphatic rings. The average Bonchev–Trinajstić information content (AvgIpc) is 3.06. The number of hydrogen-bond donors (Lipinski definition) is 0. The normalized spacial score (nSPS) is 18.2. The summed E-state index contributed by atoms with van der Waals surface area (Å²) < 4.78 is 5.18. The van der Waals surface area contributed by atoms with Gasteiger partial charge in [0.25, 0.3) is 0 Å². The van der Waals surface area contributed by atoms with E-state index >= 15 is 0 Å². The fraction of sp³-hybridized carbons (Fsp3) is 0.211. The third-order valence-electron chi connectivity index (χ3n) is 4.15. The van der Waals surface area contributed by atoms with Gasteiger partial charge in [0, 0.05) is 16.6 Å². The van der Waals surface area contributed by atoms with Crippen LogP contribution in [0.5, 0.6) is 5.75 Å². The Bertz CT molecular complexity index is 835. The summed E-state index contributed by atoms with van der Waals surface area (Å²) in [5.74, 6) is -0.396. The molecule has 2 aromatic carbocycles. The molecular formula is C19H16ClN2NaO3. The third kappa shape index (κ3) is 4.54. The molecule has 2 aromatic rings. The van der Waals surface area contributed by atoms with Crippen molar-refractivity contribution in [3.8, 4) is 5.75 Å². The number of methoxy groups -OCH3 is 1. The molecule has 7 heteroatoms. The van der Waals surface area contributed by atoms with Gasteiger partial charge in [0.05, 0.1) is 12.8 Å². The second kappa shape index (κ2) is 8.82. The Morgan fingerprint density at radius 3 is 2.38 bits per heavy atom. The molecular weight excluding hydrogens is 363 g/mol. The molecule has 0 aliphatic carbocycles. The number of carbonyl (C=O) groups is 1. The van der Waals surface area contributed by atoms with Gasteiger partial charge in [-0.15, -0.1) is 0 Å². The molecule has 5 nitrogen and oxygen atoms in total. The van der Waals surface area contributed by atoms with Crippen LogP contribution in [0.3, 0.4) is 0 Å². The van der Waals surface area contributed by atoms with E-state index in [2.05, 4.69) is 10.2 Å². The summed E-state index contributed by atoms with van der Waals surface area (Å²) in [7, 11) is 1.59. The molecule has 0 radical (unpaired) electrons. The molecule has 0 saturated carbocycles. The molecule has 0 saturated heterocycles. The van der Waals surface area contributed by atoms with Crippen molar-refractivity contribution in [1.82, 2.24) is 0 Å². The summed E-state index contributed by atoms with van der Waals surface area (Å²) in [4.78, 5) is 11.0. The van der Waals surface area contributed by atoms with Gasteiger partial charge in [0.2, 0.25) is 0 Å². The topological polar surface area (TPSA) is 74.1 Å². The molecule has 1 heterocycles. The van der Waals surface area contributed by atoms with E-state index in [9.17, 15) is 9.90 Å². The summed E-state index contributed by atoms with van der Waals surface area (Å²) in [6.45, 7) is 0. The quantitative estimate of drug-likeness (QED) is 0.690. The first-order valence-corrected chi connectivity index (χ1v) is 8.16. The Morgan fingerprint density at radius 2 is 1.81 bits per heavy atom. The number of nitrogens with zero attached hydrogens (tertiary/aromatic N) is 2. The van der Waals surface area contributed by atoms with Crippen LogP contribution in [0.2, 0.25) is 5.02 Å². The predicted molar refractivity (Wildman–Crippen MR) is 93.2 cm³/mol. The van der Waals surface area contributed by atoms with Crippen LogP contribution in [0, 0.1) is 0 Å². The zero-order chi connectivity index (χ0) is 17.9. The van der Waals surface area contributed by atoms with Crippen molar-refractivity contribution in [2.45, 2.75) is 18.4 Å². The number of carbonyl (C=O) groups excluding carboxylic acids is 1. The maximum atomic E-state index is 11.0. The van der Waals surface area contributed by atoms with E-state index in [0.29, 0.717) is 10.7 Å². The van der Waals surface area contributed by atoms with Gasteiger partial charge in [0.15, 0.2) is 0 Å². The number of azo groups is 1. The Hall–Kier alpha value is -1.66. The fourth-order valence-electron chi connectivity index (χ4n) is 2.77. The van der Waals surface area contributed by atoms with Crippen molar-refractivity contribution in [2.24, 2.45) is 10.2 Å². The van der Waals surface area contributed by atoms with Crippen molar-refractivity contribution in [3.63, 3.8) is 0 Å². The van der Waals surface area contributed by atoms with Crippen molar-refractivity contribution >= 4 is 23.3 Å². The number of carboxylic acids is 1. The Kier molecular flexibility index (Phi) is 7.01. The van der Waals surface area contributed by atoms with Crippen LogP contribution in [-0.4, -0.2) is 13.1 Å². The maximum absolute atomic E-state index is 11.0. The van der Waals surface area contributed by atoms with Gasteiger partial charge >= 0.3 is 29.6 Å². The van der Waals surface area contributed by atoms with Gasteiger partial charge in [-0.2, -0.15) is 10.2 Å². The molecule has 0 bridgehead atoms. The minimum Gasteiger partial charge on any atom is -0.550 e. The summed E-state index contributed by atoms with van der Waals surface area (Å²) in [5.41, 5.74) is 1.58. The Labute approximate surface area is 179 Å². The maximum Gasteiger partial charge on any atom is 1.00 e. The van der Waals surface area contributed by atoms with Gasteiger partial charge in [-0.3, -0.25) is 0 Å². The average molecular weight is 379 g/mol. The van der Waals surface area contributed by atoms with Crippen LogP contribution in [0.25, 0.3) is 5.70 Å². The minimum absolute atomic E-state index is 0. The number of benzene rings is 2. The van der Waals surface area contributed by atoms with Gasteiger partial charge < -0.3 is 14.6 Å². The molecule has 0 fully saturated rings. The molecule has 1 aliphatic heterocycles. The van der Waals surface area contributed by atoms with Crippen LogP contribution in [0.15, 0.2) is 64.8 Å². The van der Waals surface area contributed by atoms with Crippen LogP contribution in [0.4, 0.5) is 0 Å². The SMILES string of the molecule is COc1ccc(C2(CCC(=O)[O-])C=C(c3ccc(Cl)cc3)N=N2)cc1.[Na+]. The van der Waals surface area contributed by atoms with Crippen LogP contribution in [-0.2, 0) is 10.3 Å². The first kappa shape index (κ1) is 20.6. The molecule has 0 aromatic heterocycles. The first-order valence-electron chi connectivity index (χ1n) is 7.78. The van der Waals surface area contributed by atoms with Gasteiger partial charge in [0.1, 0.15) is 11.3 Å². The summed E-state index contributed by atoms with van der Waals surface area (Å²) in [6, 6.07) is 14.7. The zero-order valence-electron chi connectivity index (χ0n) is 14.6. The van der Waals surface area contributed by atoms with Crippen LogP contribution < -0.4 is 39.4 Å². The third-order valence-corrected chi connectivity index (χ3v) is 4.40. The summed E-state index contributed by atoms with van der Waals surface area (Å²) in [5, 5.41) is 20.3. The number of ether oxygens (including phenoxy) is 1. The molecule has 1 atom stereocenters. The van der Waals surface area contributed by atoms with E-state index in [1.807, 2.05) is 42.5 Å². The van der Waals surface area contributed by atoms with Crippen LogP contribution >= 0.6 is 11.6 Å². The van der Waals surface area contributed by atoms with Crippen molar-refractivity contribution in [2.75, 3.05) is 7.11 Å². The van der Waals surface area contributed by atoms with E-state index in [0.717, 1.165) is 16.9 Å². The van der Waals surface area contributed by atoms with E-state index < -0.39 is 11.5 Å². The number of rotatable bonds is 6. The number of hydrogen-bond acceptors (Lipinski definition) is 5. The molecule has 0 amide bonds. The van der Waals surface area contributed by atoms with Crippen molar-refractivity contribution in [3.05, 3.63) is 70.8 Å². The van der Waals surface area contributed by atoms with Gasteiger partial charge in [-0.25, -0.2) is 0 Å². The largest absolute Gasteiger partial charge is 1.00 e. The zero-order valence-corrected chi connectivity index (χ0v) is 17.4. The summed E-state index contributed by atoms with van der Waals surface area (Å²) >= 11 is 5.93. The predicted octanol–water partition coefficient (Wildman–Crippen LogP) is 0.585. The van der Waals surface area contributed by atoms with Crippen molar-refractivity contribution < 1.29 is 44.2 Å².